The topological polar surface area (TPSA) is 50.8 Å². The number of benzene rings is 1. The second-order valence-electron chi connectivity index (χ2n) is 5.37. The van der Waals surface area contributed by atoms with Gasteiger partial charge in [-0.3, -0.25) is 0 Å². The lowest BCUT2D eigenvalue weighted by atomic mass is 10.1. The molecule has 1 N–H and O–H groups in total. The summed E-state index contributed by atoms with van der Waals surface area (Å²) in [6.45, 7) is 3.29. The van der Waals surface area contributed by atoms with Crippen LogP contribution in [0, 0.1) is 0 Å². The number of anilines is 1. The fourth-order valence-corrected chi connectivity index (χ4v) is 2.65. The van der Waals surface area contributed by atoms with Crippen LogP contribution in [0.25, 0.3) is 0 Å². The molecule has 1 aromatic carbocycles. The molecule has 1 aromatic rings. The summed E-state index contributed by atoms with van der Waals surface area (Å²) in [6, 6.07) is 5.54. The Morgan fingerprint density at radius 1 is 1.40 bits per heavy atom. The largest absolute Gasteiger partial charge is 0.489 e. The van der Waals surface area contributed by atoms with Gasteiger partial charge in [0.05, 0.1) is 5.69 Å². The molecule has 2 heterocycles. The SMILES string of the molecule is CN1CCC(OC(=O)c2cccc3c2OCCN3)CC1. The number of nitrogens with one attached hydrogen (secondary N) is 1. The van der Waals surface area contributed by atoms with E-state index < -0.39 is 0 Å². The van der Waals surface area contributed by atoms with Crippen LogP contribution in [0.5, 0.6) is 5.75 Å². The van der Waals surface area contributed by atoms with Crippen molar-refractivity contribution in [3.63, 3.8) is 0 Å². The minimum atomic E-state index is -0.278. The van der Waals surface area contributed by atoms with Crippen molar-refractivity contribution in [1.29, 1.82) is 0 Å². The zero-order valence-corrected chi connectivity index (χ0v) is 11.7. The van der Waals surface area contributed by atoms with E-state index in [0.29, 0.717) is 17.9 Å². The Morgan fingerprint density at radius 2 is 2.20 bits per heavy atom. The number of nitrogens with zero attached hydrogens (tertiary/aromatic N) is 1. The predicted molar refractivity (Wildman–Crippen MR) is 76.4 cm³/mol. The van der Waals surface area contributed by atoms with E-state index >= 15 is 0 Å². The minimum absolute atomic E-state index is 0.0195. The highest BCUT2D eigenvalue weighted by molar-refractivity contribution is 5.95. The molecule has 0 radical (unpaired) electrons. The van der Waals surface area contributed by atoms with Crippen LogP contribution >= 0.6 is 0 Å². The van der Waals surface area contributed by atoms with E-state index in [4.69, 9.17) is 9.47 Å². The van der Waals surface area contributed by atoms with Crippen molar-refractivity contribution < 1.29 is 14.3 Å². The number of carbonyl (C=O) groups excluding carboxylic acids is 1. The summed E-state index contributed by atoms with van der Waals surface area (Å²) in [6.07, 6.45) is 1.82. The Hall–Kier alpha value is -1.75. The average Bonchev–Trinajstić information content (AvgIpc) is 2.49. The lowest BCUT2D eigenvalue weighted by molar-refractivity contribution is 0.0136. The van der Waals surface area contributed by atoms with Gasteiger partial charge in [-0.2, -0.15) is 0 Å². The summed E-state index contributed by atoms with van der Waals surface area (Å²) >= 11 is 0. The minimum Gasteiger partial charge on any atom is -0.489 e. The average molecular weight is 276 g/mol. The summed E-state index contributed by atoms with van der Waals surface area (Å²) in [4.78, 5) is 14.6. The molecule has 0 amide bonds. The highest BCUT2D eigenvalue weighted by atomic mass is 16.5. The van der Waals surface area contributed by atoms with Gasteiger partial charge in [0, 0.05) is 19.6 Å². The monoisotopic (exact) mass is 276 g/mol. The smallest absolute Gasteiger partial charge is 0.342 e. The normalized spacial score (nSPS) is 19.6. The Kier molecular flexibility index (Phi) is 3.78. The van der Waals surface area contributed by atoms with E-state index in [9.17, 15) is 4.79 Å². The van der Waals surface area contributed by atoms with Crippen molar-refractivity contribution in [3.8, 4) is 5.75 Å². The van der Waals surface area contributed by atoms with E-state index in [-0.39, 0.29) is 12.1 Å². The molecule has 0 aromatic heterocycles. The highest BCUT2D eigenvalue weighted by Gasteiger charge is 2.24. The van der Waals surface area contributed by atoms with Gasteiger partial charge in [0.2, 0.25) is 0 Å². The first-order valence-electron chi connectivity index (χ1n) is 7.13. The van der Waals surface area contributed by atoms with Gasteiger partial charge in [-0.25, -0.2) is 4.79 Å². The number of rotatable bonds is 2. The van der Waals surface area contributed by atoms with E-state index in [2.05, 4.69) is 17.3 Å². The van der Waals surface area contributed by atoms with Crippen LogP contribution in [0.1, 0.15) is 23.2 Å². The van der Waals surface area contributed by atoms with Gasteiger partial charge in [0.1, 0.15) is 18.3 Å². The fraction of sp³-hybridized carbons (Fsp3) is 0.533. The Labute approximate surface area is 118 Å². The Balaban J connectivity index is 1.71. The molecule has 3 rings (SSSR count). The van der Waals surface area contributed by atoms with E-state index in [1.54, 1.807) is 6.07 Å². The molecular formula is C15H20N2O3. The van der Waals surface area contributed by atoms with Crippen molar-refractivity contribution >= 4 is 11.7 Å². The second kappa shape index (κ2) is 5.71. The van der Waals surface area contributed by atoms with Crippen LogP contribution < -0.4 is 10.1 Å². The van der Waals surface area contributed by atoms with Crippen LogP contribution in [0.15, 0.2) is 18.2 Å². The van der Waals surface area contributed by atoms with E-state index in [0.717, 1.165) is 38.2 Å². The Bertz CT molecular complexity index is 496. The van der Waals surface area contributed by atoms with E-state index in [1.165, 1.54) is 0 Å². The highest BCUT2D eigenvalue weighted by Crippen LogP contribution is 2.32. The number of ether oxygens (including phenoxy) is 2. The van der Waals surface area contributed by atoms with Gasteiger partial charge in [-0.15, -0.1) is 0 Å². The zero-order valence-electron chi connectivity index (χ0n) is 11.7. The van der Waals surface area contributed by atoms with Crippen molar-refractivity contribution in [3.05, 3.63) is 23.8 Å². The fourth-order valence-electron chi connectivity index (χ4n) is 2.65. The maximum absolute atomic E-state index is 12.3. The number of para-hydroxylation sites is 1. The summed E-state index contributed by atoms with van der Waals surface area (Å²) in [5, 5.41) is 3.23. The predicted octanol–water partition coefficient (Wildman–Crippen LogP) is 1.74. The molecule has 0 spiro atoms. The summed E-state index contributed by atoms with van der Waals surface area (Å²) < 4.78 is 11.2. The molecule has 108 valence electrons. The molecule has 0 unspecified atom stereocenters. The van der Waals surface area contributed by atoms with Crippen molar-refractivity contribution in [2.75, 3.05) is 38.6 Å². The number of likely N-dealkylation sites (tertiary alicyclic amines) is 1. The van der Waals surface area contributed by atoms with E-state index in [1.807, 2.05) is 12.1 Å². The first kappa shape index (κ1) is 13.2. The van der Waals surface area contributed by atoms with Crippen LogP contribution in [0.4, 0.5) is 5.69 Å². The van der Waals surface area contributed by atoms with Crippen molar-refractivity contribution in [2.24, 2.45) is 0 Å². The molecule has 1 saturated heterocycles. The first-order chi connectivity index (χ1) is 9.74. The molecule has 0 aliphatic carbocycles. The van der Waals surface area contributed by atoms with Gasteiger partial charge in [-0.1, -0.05) is 6.07 Å². The molecule has 2 aliphatic rings. The number of hydrogen-bond donors (Lipinski definition) is 1. The second-order valence-corrected chi connectivity index (χ2v) is 5.37. The third kappa shape index (κ3) is 2.72. The molecule has 0 saturated carbocycles. The van der Waals surface area contributed by atoms with Crippen LogP contribution in [-0.4, -0.2) is 50.3 Å². The van der Waals surface area contributed by atoms with Crippen LogP contribution in [0.2, 0.25) is 0 Å². The van der Waals surface area contributed by atoms with Gasteiger partial charge in [0.25, 0.3) is 0 Å². The van der Waals surface area contributed by atoms with Crippen molar-refractivity contribution in [1.82, 2.24) is 4.90 Å². The van der Waals surface area contributed by atoms with Crippen LogP contribution in [0.3, 0.4) is 0 Å². The molecule has 20 heavy (non-hydrogen) atoms. The molecule has 1 fully saturated rings. The molecule has 0 atom stereocenters. The molecule has 5 heteroatoms. The number of hydrogen-bond acceptors (Lipinski definition) is 5. The maximum atomic E-state index is 12.3. The van der Waals surface area contributed by atoms with Gasteiger partial charge < -0.3 is 19.7 Å². The summed E-state index contributed by atoms with van der Waals surface area (Å²) in [5.41, 5.74) is 1.39. The number of piperidine rings is 1. The van der Waals surface area contributed by atoms with Gasteiger partial charge in [0.15, 0.2) is 5.75 Å². The lowest BCUT2D eigenvalue weighted by Crippen LogP contribution is -2.35. The third-order valence-electron chi connectivity index (χ3n) is 3.84. The molecule has 2 aliphatic heterocycles. The summed E-state index contributed by atoms with van der Waals surface area (Å²) in [5.74, 6) is 0.344. The quantitative estimate of drug-likeness (QED) is 0.834. The molecule has 0 bridgehead atoms. The number of fused-ring (bicyclic) bond motifs is 1. The molecular weight excluding hydrogens is 256 g/mol. The molecule has 5 nitrogen and oxygen atoms in total. The van der Waals surface area contributed by atoms with Gasteiger partial charge >= 0.3 is 5.97 Å². The number of esters is 1. The lowest BCUT2D eigenvalue weighted by Gasteiger charge is -2.29. The standard InChI is InChI=1S/C15H20N2O3/c1-17-8-5-11(6-9-17)20-15(18)12-3-2-4-13-14(12)19-10-7-16-13/h2-4,11,16H,5-10H2,1H3. The third-order valence-corrected chi connectivity index (χ3v) is 3.84. The summed E-state index contributed by atoms with van der Waals surface area (Å²) in [7, 11) is 2.09. The zero-order chi connectivity index (χ0) is 13.9. The number of carbonyl (C=O) groups is 1. The first-order valence-corrected chi connectivity index (χ1v) is 7.13. The van der Waals surface area contributed by atoms with Crippen molar-refractivity contribution in [2.45, 2.75) is 18.9 Å². The Morgan fingerprint density at radius 3 is 3.00 bits per heavy atom. The maximum Gasteiger partial charge on any atom is 0.342 e. The van der Waals surface area contributed by atoms with Crippen LogP contribution in [-0.2, 0) is 4.74 Å². The van der Waals surface area contributed by atoms with Gasteiger partial charge in [-0.05, 0) is 32.0 Å².